The molecular weight excluding hydrogens is 328 g/mol. The van der Waals surface area contributed by atoms with Gasteiger partial charge in [-0.15, -0.1) is 16.4 Å². The van der Waals surface area contributed by atoms with Crippen molar-refractivity contribution in [2.24, 2.45) is 0 Å². The maximum Gasteiger partial charge on any atom is 0.231 e. The van der Waals surface area contributed by atoms with Crippen LogP contribution in [0.25, 0.3) is 5.00 Å². The van der Waals surface area contributed by atoms with Crippen LogP contribution in [0.2, 0.25) is 0 Å². The number of carbonyl (C=O) groups is 1. The zero-order chi connectivity index (χ0) is 16.4. The van der Waals surface area contributed by atoms with Gasteiger partial charge in [-0.25, -0.2) is 4.68 Å². The third-order valence-electron chi connectivity index (χ3n) is 3.54. The van der Waals surface area contributed by atoms with Gasteiger partial charge in [0.2, 0.25) is 12.7 Å². The molecule has 3 heterocycles. The molecule has 1 aromatic carbocycles. The van der Waals surface area contributed by atoms with Gasteiger partial charge in [0.05, 0.1) is 19.2 Å². The number of benzene rings is 1. The second-order valence-electron chi connectivity index (χ2n) is 5.25. The first-order valence-corrected chi connectivity index (χ1v) is 8.26. The number of nitrogens with zero attached hydrogens (tertiary/aromatic N) is 3. The van der Waals surface area contributed by atoms with E-state index < -0.39 is 0 Å². The van der Waals surface area contributed by atoms with E-state index in [1.165, 1.54) is 0 Å². The molecule has 0 radical (unpaired) electrons. The summed E-state index contributed by atoms with van der Waals surface area (Å²) < 4.78 is 12.3. The summed E-state index contributed by atoms with van der Waals surface area (Å²) in [6, 6.07) is 9.42. The van der Waals surface area contributed by atoms with Gasteiger partial charge in [0.1, 0.15) is 10.7 Å². The van der Waals surface area contributed by atoms with E-state index in [1.807, 2.05) is 41.9 Å². The highest BCUT2D eigenvalue weighted by atomic mass is 32.1. The Bertz CT molecular complexity index is 860. The fourth-order valence-electron chi connectivity index (χ4n) is 2.38. The van der Waals surface area contributed by atoms with Crippen LogP contribution in [-0.2, 0) is 17.8 Å². The molecule has 0 saturated heterocycles. The van der Waals surface area contributed by atoms with Crippen LogP contribution in [0, 0.1) is 0 Å². The Kier molecular flexibility index (Phi) is 3.87. The minimum Gasteiger partial charge on any atom is -0.454 e. The van der Waals surface area contributed by atoms with Crippen LogP contribution in [0.5, 0.6) is 11.5 Å². The van der Waals surface area contributed by atoms with Crippen molar-refractivity contribution >= 4 is 17.2 Å². The van der Waals surface area contributed by atoms with E-state index in [2.05, 4.69) is 15.6 Å². The maximum atomic E-state index is 12.1. The first kappa shape index (κ1) is 14.7. The SMILES string of the molecule is O=C(Cc1ccc2c(c1)OCO2)NCc1cn(-c2cccs2)nn1. The normalized spacial score (nSPS) is 12.3. The van der Waals surface area contributed by atoms with Crippen LogP contribution < -0.4 is 14.8 Å². The zero-order valence-electron chi connectivity index (χ0n) is 12.6. The third-order valence-corrected chi connectivity index (χ3v) is 4.40. The van der Waals surface area contributed by atoms with Crippen molar-refractivity contribution in [3.63, 3.8) is 0 Å². The highest BCUT2D eigenvalue weighted by Gasteiger charge is 2.14. The van der Waals surface area contributed by atoms with E-state index >= 15 is 0 Å². The minimum atomic E-state index is -0.0838. The number of ether oxygens (including phenoxy) is 2. The lowest BCUT2D eigenvalue weighted by Gasteiger charge is -2.04. The van der Waals surface area contributed by atoms with Crippen LogP contribution in [0.1, 0.15) is 11.3 Å². The van der Waals surface area contributed by atoms with Crippen molar-refractivity contribution in [2.75, 3.05) is 6.79 Å². The molecule has 1 aliphatic heterocycles. The Morgan fingerprint density at radius 1 is 1.29 bits per heavy atom. The topological polar surface area (TPSA) is 78.3 Å². The summed E-state index contributed by atoms with van der Waals surface area (Å²) in [5.41, 5.74) is 1.58. The summed E-state index contributed by atoms with van der Waals surface area (Å²) in [7, 11) is 0. The average molecular weight is 342 g/mol. The van der Waals surface area contributed by atoms with E-state index in [0.717, 1.165) is 10.6 Å². The quantitative estimate of drug-likeness (QED) is 0.766. The summed E-state index contributed by atoms with van der Waals surface area (Å²) in [5.74, 6) is 1.31. The lowest BCUT2D eigenvalue weighted by atomic mass is 10.1. The van der Waals surface area contributed by atoms with Gasteiger partial charge in [-0.3, -0.25) is 4.79 Å². The molecule has 122 valence electrons. The molecule has 0 aliphatic carbocycles. The van der Waals surface area contributed by atoms with Gasteiger partial charge >= 0.3 is 0 Å². The second-order valence-corrected chi connectivity index (χ2v) is 6.17. The molecule has 2 aromatic heterocycles. The molecule has 8 heteroatoms. The molecule has 0 fully saturated rings. The Balaban J connectivity index is 1.33. The number of amides is 1. The second kappa shape index (κ2) is 6.32. The standard InChI is InChI=1S/C16H14N4O3S/c21-15(7-11-3-4-13-14(6-11)23-10-22-13)17-8-12-9-20(19-18-12)16-2-1-5-24-16/h1-6,9H,7-8,10H2,(H,17,21). The molecule has 0 unspecified atom stereocenters. The molecule has 1 aliphatic rings. The van der Waals surface area contributed by atoms with Gasteiger partial charge < -0.3 is 14.8 Å². The van der Waals surface area contributed by atoms with Gasteiger partial charge in [0, 0.05) is 0 Å². The Morgan fingerprint density at radius 3 is 3.08 bits per heavy atom. The number of nitrogens with one attached hydrogen (secondary N) is 1. The molecule has 0 atom stereocenters. The van der Waals surface area contributed by atoms with Crippen molar-refractivity contribution in [3.05, 3.63) is 53.2 Å². The van der Waals surface area contributed by atoms with Gasteiger partial charge in [-0.1, -0.05) is 11.3 Å². The summed E-state index contributed by atoms with van der Waals surface area (Å²) in [6.45, 7) is 0.569. The van der Waals surface area contributed by atoms with Crippen LogP contribution in [0.3, 0.4) is 0 Å². The number of carbonyl (C=O) groups excluding carboxylic acids is 1. The predicted molar refractivity (Wildman–Crippen MR) is 87.4 cm³/mol. The monoisotopic (exact) mass is 342 g/mol. The number of hydrogen-bond acceptors (Lipinski definition) is 6. The molecule has 4 rings (SSSR count). The smallest absolute Gasteiger partial charge is 0.231 e. The molecule has 7 nitrogen and oxygen atoms in total. The van der Waals surface area contributed by atoms with Crippen LogP contribution in [0.4, 0.5) is 0 Å². The first-order chi connectivity index (χ1) is 11.8. The van der Waals surface area contributed by atoms with Gasteiger partial charge in [-0.05, 0) is 35.2 Å². The molecule has 0 bridgehead atoms. The number of hydrogen-bond donors (Lipinski definition) is 1. The van der Waals surface area contributed by atoms with Crippen LogP contribution in [-0.4, -0.2) is 27.7 Å². The number of rotatable bonds is 5. The molecule has 24 heavy (non-hydrogen) atoms. The number of fused-ring (bicyclic) bond motifs is 1. The molecular formula is C16H14N4O3S. The van der Waals surface area contributed by atoms with E-state index in [0.29, 0.717) is 23.7 Å². The number of thiophene rings is 1. The van der Waals surface area contributed by atoms with Crippen molar-refractivity contribution in [2.45, 2.75) is 13.0 Å². The van der Waals surface area contributed by atoms with Crippen LogP contribution in [0.15, 0.2) is 41.9 Å². The zero-order valence-corrected chi connectivity index (χ0v) is 13.5. The molecule has 3 aromatic rings. The van der Waals surface area contributed by atoms with E-state index in [9.17, 15) is 4.79 Å². The highest BCUT2D eigenvalue weighted by molar-refractivity contribution is 7.12. The number of aromatic nitrogens is 3. The average Bonchev–Trinajstić information content (AvgIpc) is 3.32. The minimum absolute atomic E-state index is 0.0838. The van der Waals surface area contributed by atoms with Gasteiger partial charge in [-0.2, -0.15) is 0 Å². The van der Waals surface area contributed by atoms with Crippen molar-refractivity contribution in [1.82, 2.24) is 20.3 Å². The van der Waals surface area contributed by atoms with Gasteiger partial charge in [0.15, 0.2) is 11.5 Å². The highest BCUT2D eigenvalue weighted by Crippen LogP contribution is 2.32. The Morgan fingerprint density at radius 2 is 2.21 bits per heavy atom. The molecule has 1 N–H and O–H groups in total. The molecule has 0 spiro atoms. The fourth-order valence-corrected chi connectivity index (χ4v) is 3.03. The van der Waals surface area contributed by atoms with Crippen molar-refractivity contribution in [3.8, 4) is 16.5 Å². The predicted octanol–water partition coefficient (Wildman–Crippen LogP) is 1.92. The molecule has 0 saturated carbocycles. The van der Waals surface area contributed by atoms with Crippen LogP contribution >= 0.6 is 11.3 Å². The van der Waals surface area contributed by atoms with Gasteiger partial charge in [0.25, 0.3) is 0 Å². The van der Waals surface area contributed by atoms with E-state index in [4.69, 9.17) is 9.47 Å². The molecule has 1 amide bonds. The summed E-state index contributed by atoms with van der Waals surface area (Å²) >= 11 is 1.58. The van der Waals surface area contributed by atoms with E-state index in [1.54, 1.807) is 16.0 Å². The van der Waals surface area contributed by atoms with Crippen molar-refractivity contribution in [1.29, 1.82) is 0 Å². The lowest BCUT2D eigenvalue weighted by Crippen LogP contribution is -2.24. The summed E-state index contributed by atoms with van der Waals surface area (Å²) in [4.78, 5) is 12.1. The Hall–Kier alpha value is -2.87. The largest absolute Gasteiger partial charge is 0.454 e. The Labute approximate surface area is 141 Å². The lowest BCUT2D eigenvalue weighted by molar-refractivity contribution is -0.120. The third kappa shape index (κ3) is 3.09. The first-order valence-electron chi connectivity index (χ1n) is 7.38. The van der Waals surface area contributed by atoms with E-state index in [-0.39, 0.29) is 19.1 Å². The summed E-state index contributed by atoms with van der Waals surface area (Å²) in [6.07, 6.45) is 2.09. The fraction of sp³-hybridized carbons (Fsp3) is 0.188. The van der Waals surface area contributed by atoms with Crippen molar-refractivity contribution < 1.29 is 14.3 Å². The summed E-state index contributed by atoms with van der Waals surface area (Å²) in [5, 5.41) is 13.9. The maximum absolute atomic E-state index is 12.1.